The number of amides is 2. The monoisotopic (exact) mass is 605 g/mol. The first-order valence-corrected chi connectivity index (χ1v) is 14.9. The van der Waals surface area contributed by atoms with Crippen molar-refractivity contribution < 1.29 is 23.9 Å². The van der Waals surface area contributed by atoms with E-state index in [1.54, 1.807) is 23.1 Å². The van der Waals surface area contributed by atoms with Crippen molar-refractivity contribution in [2.45, 2.75) is 65.4 Å². The normalized spacial score (nSPS) is 14.1. The molecule has 0 atom stereocenters. The second-order valence-electron chi connectivity index (χ2n) is 11.5. The van der Waals surface area contributed by atoms with Crippen LogP contribution >= 0.6 is 23.2 Å². The summed E-state index contributed by atoms with van der Waals surface area (Å²) in [5, 5.41) is 6.78. The predicted octanol–water partition coefficient (Wildman–Crippen LogP) is 7.00. The number of hydrogen-bond acceptors (Lipinski definition) is 6. The molecule has 1 aliphatic heterocycles. The third kappa shape index (κ3) is 10.7. The summed E-state index contributed by atoms with van der Waals surface area (Å²) >= 11 is 12.6. The number of piperidine rings is 1. The number of esters is 1. The van der Waals surface area contributed by atoms with Gasteiger partial charge in [-0.1, -0.05) is 61.3 Å². The van der Waals surface area contributed by atoms with Gasteiger partial charge in [-0.3, -0.25) is 9.59 Å². The molecule has 1 fully saturated rings. The molecule has 0 radical (unpaired) electrons. The Hall–Kier alpha value is -2.97. The van der Waals surface area contributed by atoms with Crippen molar-refractivity contribution >= 4 is 52.5 Å². The molecular formula is C31H41Cl2N3O5. The number of para-hydroxylation sites is 2. The van der Waals surface area contributed by atoms with Crippen LogP contribution in [0.15, 0.2) is 42.5 Å². The molecular weight excluding hydrogens is 565 g/mol. The van der Waals surface area contributed by atoms with E-state index in [1.165, 1.54) is 0 Å². The summed E-state index contributed by atoms with van der Waals surface area (Å²) in [6, 6.07) is 12.7. The Labute approximate surface area is 253 Å². The Bertz CT molecular complexity index is 1180. The topological polar surface area (TPSA) is 97.0 Å². The smallest absolute Gasteiger partial charge is 0.408 e. The van der Waals surface area contributed by atoms with Gasteiger partial charge in [0, 0.05) is 18.8 Å². The Balaban J connectivity index is 1.39. The van der Waals surface area contributed by atoms with Crippen LogP contribution in [-0.2, 0) is 25.5 Å². The molecule has 8 nitrogen and oxygen atoms in total. The summed E-state index contributed by atoms with van der Waals surface area (Å²) in [6.07, 6.45) is 2.65. The van der Waals surface area contributed by atoms with Crippen molar-refractivity contribution in [1.82, 2.24) is 10.2 Å². The highest BCUT2D eigenvalue weighted by Gasteiger charge is 2.26. The first-order valence-electron chi connectivity index (χ1n) is 14.1. The van der Waals surface area contributed by atoms with Gasteiger partial charge < -0.3 is 25.0 Å². The lowest BCUT2D eigenvalue weighted by atomic mass is 9.97. The third-order valence-electron chi connectivity index (χ3n) is 7.10. The first-order chi connectivity index (χ1) is 19.4. The van der Waals surface area contributed by atoms with Crippen molar-refractivity contribution in [1.29, 1.82) is 0 Å². The van der Waals surface area contributed by atoms with Crippen LogP contribution in [0.3, 0.4) is 0 Å². The maximum atomic E-state index is 12.7. The molecule has 2 N–H and O–H groups in total. The van der Waals surface area contributed by atoms with Crippen LogP contribution in [0, 0.1) is 11.8 Å². The number of alkyl carbamates (subject to hydrolysis) is 1. The van der Waals surface area contributed by atoms with E-state index >= 15 is 0 Å². The predicted molar refractivity (Wildman–Crippen MR) is 163 cm³/mol. The van der Waals surface area contributed by atoms with Crippen molar-refractivity contribution in [3.8, 4) is 0 Å². The van der Waals surface area contributed by atoms with Gasteiger partial charge in [0.15, 0.2) is 0 Å². The van der Waals surface area contributed by atoms with Crippen molar-refractivity contribution in [3.63, 3.8) is 0 Å². The molecule has 2 aromatic carbocycles. The Kier molecular flexibility index (Phi) is 12.2. The summed E-state index contributed by atoms with van der Waals surface area (Å²) in [4.78, 5) is 39.2. The molecule has 3 rings (SSSR count). The minimum absolute atomic E-state index is 0.0959. The zero-order chi connectivity index (χ0) is 30.0. The molecule has 10 heteroatoms. The number of carbonyl (C=O) groups is 3. The fourth-order valence-corrected chi connectivity index (χ4v) is 5.04. The largest absolute Gasteiger partial charge is 0.465 e. The Morgan fingerprint density at radius 2 is 1.68 bits per heavy atom. The summed E-state index contributed by atoms with van der Waals surface area (Å²) in [5.41, 5.74) is 1.48. The lowest BCUT2D eigenvalue weighted by Crippen LogP contribution is -2.45. The molecule has 1 heterocycles. The first kappa shape index (κ1) is 32.5. The number of ether oxygens (including phenoxy) is 2. The molecule has 0 aromatic heterocycles. The molecule has 1 aliphatic rings. The number of anilines is 2. The van der Waals surface area contributed by atoms with Gasteiger partial charge in [-0.05, 0) is 75.1 Å². The molecule has 0 saturated carbocycles. The van der Waals surface area contributed by atoms with Gasteiger partial charge in [0.25, 0.3) is 0 Å². The maximum absolute atomic E-state index is 12.7. The Morgan fingerprint density at radius 1 is 1.02 bits per heavy atom. The standard InChI is InChI=1S/C31H41Cl2N3O5/c1-21(2)12-15-31(3,4)41-30(39)34-19-27(37)36-16-13-22(14-17-36)20-40-28(38)18-23-8-5-6-11-26(23)35-29-24(32)9-7-10-25(29)33/h5-11,21-22,35H,12-20H2,1-4H3,(H,34,39). The molecule has 224 valence electrons. The van der Waals surface area contributed by atoms with Crippen LogP contribution in [0.2, 0.25) is 10.0 Å². The van der Waals surface area contributed by atoms with Crippen LogP contribution in [-0.4, -0.2) is 54.7 Å². The number of halogens is 2. The van der Waals surface area contributed by atoms with E-state index in [9.17, 15) is 14.4 Å². The second kappa shape index (κ2) is 15.3. The molecule has 0 aliphatic carbocycles. The molecule has 0 bridgehead atoms. The Morgan fingerprint density at radius 3 is 2.34 bits per heavy atom. The molecule has 41 heavy (non-hydrogen) atoms. The minimum atomic E-state index is -0.588. The number of benzene rings is 2. The zero-order valence-electron chi connectivity index (χ0n) is 24.3. The molecule has 2 amide bonds. The highest BCUT2D eigenvalue weighted by molar-refractivity contribution is 6.39. The number of carbonyl (C=O) groups excluding carboxylic acids is 3. The van der Waals surface area contributed by atoms with E-state index in [2.05, 4.69) is 24.5 Å². The van der Waals surface area contributed by atoms with Crippen molar-refractivity contribution in [3.05, 3.63) is 58.1 Å². The van der Waals surface area contributed by atoms with Crippen molar-refractivity contribution in [2.24, 2.45) is 11.8 Å². The number of nitrogens with zero attached hydrogens (tertiary/aromatic N) is 1. The van der Waals surface area contributed by atoms with Gasteiger partial charge in [-0.25, -0.2) is 4.79 Å². The van der Waals surface area contributed by atoms with Gasteiger partial charge in [-0.15, -0.1) is 0 Å². The average Bonchev–Trinajstić information content (AvgIpc) is 2.92. The zero-order valence-corrected chi connectivity index (χ0v) is 25.8. The van der Waals surface area contributed by atoms with E-state index in [0.29, 0.717) is 41.3 Å². The van der Waals surface area contributed by atoms with E-state index in [4.69, 9.17) is 32.7 Å². The SMILES string of the molecule is CC(C)CCC(C)(C)OC(=O)NCC(=O)N1CCC(COC(=O)Cc2ccccc2Nc2c(Cl)cccc2Cl)CC1. The van der Waals surface area contributed by atoms with E-state index in [0.717, 1.165) is 36.9 Å². The fraction of sp³-hybridized carbons (Fsp3) is 0.516. The van der Waals surface area contributed by atoms with Gasteiger partial charge in [0.1, 0.15) is 12.1 Å². The average molecular weight is 607 g/mol. The number of rotatable bonds is 12. The van der Waals surface area contributed by atoms with Crippen LogP contribution in [0.25, 0.3) is 0 Å². The molecule has 1 saturated heterocycles. The van der Waals surface area contributed by atoms with Crippen LogP contribution in [0.4, 0.5) is 16.2 Å². The minimum Gasteiger partial charge on any atom is -0.465 e. The second-order valence-corrected chi connectivity index (χ2v) is 12.3. The molecule has 2 aromatic rings. The van der Waals surface area contributed by atoms with E-state index in [1.807, 2.05) is 38.1 Å². The van der Waals surface area contributed by atoms with Crippen LogP contribution in [0.5, 0.6) is 0 Å². The van der Waals surface area contributed by atoms with Crippen LogP contribution in [0.1, 0.15) is 58.9 Å². The van der Waals surface area contributed by atoms with Gasteiger partial charge in [0.05, 0.1) is 28.8 Å². The third-order valence-corrected chi connectivity index (χ3v) is 7.73. The highest BCUT2D eigenvalue weighted by atomic mass is 35.5. The molecule has 0 spiro atoms. The number of nitrogens with one attached hydrogen (secondary N) is 2. The van der Waals surface area contributed by atoms with Crippen molar-refractivity contribution in [2.75, 3.05) is 31.6 Å². The number of hydrogen-bond donors (Lipinski definition) is 2. The lowest BCUT2D eigenvalue weighted by molar-refractivity contribution is -0.145. The summed E-state index contributed by atoms with van der Waals surface area (Å²) < 4.78 is 11.1. The summed E-state index contributed by atoms with van der Waals surface area (Å²) in [7, 11) is 0. The van der Waals surface area contributed by atoms with E-state index in [-0.39, 0.29) is 30.8 Å². The number of likely N-dealkylation sites (tertiary alicyclic amines) is 1. The van der Waals surface area contributed by atoms with Gasteiger partial charge in [-0.2, -0.15) is 0 Å². The molecule has 0 unspecified atom stereocenters. The maximum Gasteiger partial charge on any atom is 0.408 e. The summed E-state index contributed by atoms with van der Waals surface area (Å²) in [5.74, 6) is 0.202. The van der Waals surface area contributed by atoms with Crippen LogP contribution < -0.4 is 10.6 Å². The summed E-state index contributed by atoms with van der Waals surface area (Å²) in [6.45, 7) is 9.28. The quantitative estimate of drug-likeness (QED) is 0.253. The van der Waals surface area contributed by atoms with Gasteiger partial charge in [0.2, 0.25) is 5.91 Å². The lowest BCUT2D eigenvalue weighted by Gasteiger charge is -2.32. The fourth-order valence-electron chi connectivity index (χ4n) is 4.55. The van der Waals surface area contributed by atoms with E-state index < -0.39 is 11.7 Å². The van der Waals surface area contributed by atoms with Gasteiger partial charge >= 0.3 is 12.1 Å². The highest BCUT2D eigenvalue weighted by Crippen LogP contribution is 2.33.